The number of amides is 1. The molecule has 1 amide bonds. The molecule has 0 spiro atoms. The Labute approximate surface area is 117 Å². The molecule has 3 nitrogen and oxygen atoms in total. The van der Waals surface area contributed by atoms with Gasteiger partial charge in [0.1, 0.15) is 5.82 Å². The van der Waals surface area contributed by atoms with Crippen molar-refractivity contribution in [1.29, 1.82) is 0 Å². The second kappa shape index (κ2) is 6.82. The zero-order chi connectivity index (χ0) is 14.4. The van der Waals surface area contributed by atoms with Crippen LogP contribution in [0.4, 0.5) is 10.1 Å². The van der Waals surface area contributed by atoms with Crippen molar-refractivity contribution in [3.05, 3.63) is 65.5 Å². The van der Waals surface area contributed by atoms with E-state index in [-0.39, 0.29) is 18.3 Å². The molecule has 104 valence electrons. The minimum absolute atomic E-state index is 0.148. The van der Waals surface area contributed by atoms with Crippen molar-refractivity contribution >= 4 is 11.6 Å². The average molecular weight is 272 g/mol. The zero-order valence-corrected chi connectivity index (χ0v) is 11.3. The minimum atomic E-state index is -0.319. The van der Waals surface area contributed by atoms with Crippen LogP contribution in [-0.4, -0.2) is 12.5 Å². The number of benzene rings is 2. The van der Waals surface area contributed by atoms with Crippen molar-refractivity contribution in [2.75, 3.05) is 11.9 Å². The Morgan fingerprint density at radius 2 is 1.80 bits per heavy atom. The van der Waals surface area contributed by atoms with E-state index >= 15 is 0 Å². The Morgan fingerprint density at radius 3 is 2.50 bits per heavy atom. The van der Waals surface area contributed by atoms with Gasteiger partial charge in [0, 0.05) is 12.2 Å². The molecule has 20 heavy (non-hydrogen) atoms. The molecule has 0 saturated carbocycles. The third-order valence-electron chi connectivity index (χ3n) is 2.99. The van der Waals surface area contributed by atoms with E-state index in [4.69, 9.17) is 0 Å². The second-order valence-electron chi connectivity index (χ2n) is 4.59. The largest absolute Gasteiger partial charge is 0.325 e. The van der Waals surface area contributed by atoms with Crippen molar-refractivity contribution < 1.29 is 9.18 Å². The predicted molar refractivity (Wildman–Crippen MR) is 77.9 cm³/mol. The lowest BCUT2D eigenvalue weighted by Gasteiger charge is -2.08. The molecule has 0 saturated heterocycles. The number of hydrogen-bond donors (Lipinski definition) is 2. The Balaban J connectivity index is 1.78. The average Bonchev–Trinajstić information content (AvgIpc) is 2.43. The fourth-order valence-corrected chi connectivity index (χ4v) is 1.86. The van der Waals surface area contributed by atoms with Crippen LogP contribution in [0, 0.1) is 12.7 Å². The van der Waals surface area contributed by atoms with Crippen molar-refractivity contribution in [2.24, 2.45) is 0 Å². The molecule has 0 aliphatic carbocycles. The summed E-state index contributed by atoms with van der Waals surface area (Å²) in [6.45, 7) is 2.89. The standard InChI is InChI=1S/C16H17FN2O/c1-12-4-2-3-5-13(12)10-18-11-16(20)19-15-8-6-14(17)7-9-15/h2-9,18H,10-11H2,1H3,(H,19,20). The predicted octanol–water partition coefficient (Wildman–Crippen LogP) is 2.86. The van der Waals surface area contributed by atoms with Gasteiger partial charge < -0.3 is 10.6 Å². The summed E-state index contributed by atoms with van der Waals surface area (Å²) in [7, 11) is 0. The van der Waals surface area contributed by atoms with E-state index in [9.17, 15) is 9.18 Å². The molecule has 0 aliphatic heterocycles. The molecule has 2 aromatic rings. The second-order valence-corrected chi connectivity index (χ2v) is 4.59. The summed E-state index contributed by atoms with van der Waals surface area (Å²) in [5.41, 5.74) is 2.95. The normalized spacial score (nSPS) is 10.3. The number of rotatable bonds is 5. The van der Waals surface area contributed by atoms with Gasteiger partial charge in [-0.15, -0.1) is 0 Å². The highest BCUT2D eigenvalue weighted by Gasteiger charge is 2.03. The fraction of sp³-hybridized carbons (Fsp3) is 0.188. The first-order chi connectivity index (χ1) is 9.65. The van der Waals surface area contributed by atoms with E-state index in [1.165, 1.54) is 35.4 Å². The first-order valence-corrected chi connectivity index (χ1v) is 6.46. The molecule has 0 unspecified atom stereocenters. The van der Waals surface area contributed by atoms with Gasteiger partial charge in [0.2, 0.25) is 5.91 Å². The molecule has 2 N–H and O–H groups in total. The highest BCUT2D eigenvalue weighted by molar-refractivity contribution is 5.92. The summed E-state index contributed by atoms with van der Waals surface area (Å²) in [6.07, 6.45) is 0. The van der Waals surface area contributed by atoms with Crippen LogP contribution in [0.1, 0.15) is 11.1 Å². The maximum atomic E-state index is 12.7. The lowest BCUT2D eigenvalue weighted by Crippen LogP contribution is -2.27. The van der Waals surface area contributed by atoms with Crippen LogP contribution in [0.5, 0.6) is 0 Å². The summed E-state index contributed by atoms with van der Waals surface area (Å²) < 4.78 is 12.7. The summed E-state index contributed by atoms with van der Waals surface area (Å²) in [6, 6.07) is 13.7. The number of nitrogens with one attached hydrogen (secondary N) is 2. The summed E-state index contributed by atoms with van der Waals surface area (Å²) in [5, 5.41) is 5.79. The Hall–Kier alpha value is -2.20. The Morgan fingerprint density at radius 1 is 1.10 bits per heavy atom. The maximum absolute atomic E-state index is 12.7. The SMILES string of the molecule is Cc1ccccc1CNCC(=O)Nc1ccc(F)cc1. The van der Waals surface area contributed by atoms with Gasteiger partial charge in [-0.3, -0.25) is 4.79 Å². The molecule has 0 fully saturated rings. The maximum Gasteiger partial charge on any atom is 0.238 e. The van der Waals surface area contributed by atoms with Gasteiger partial charge in [-0.1, -0.05) is 24.3 Å². The highest BCUT2D eigenvalue weighted by Crippen LogP contribution is 2.08. The zero-order valence-electron chi connectivity index (χ0n) is 11.3. The molecular formula is C16H17FN2O. The van der Waals surface area contributed by atoms with Gasteiger partial charge in [-0.05, 0) is 42.3 Å². The van der Waals surface area contributed by atoms with E-state index in [2.05, 4.69) is 10.6 Å². The topological polar surface area (TPSA) is 41.1 Å². The monoisotopic (exact) mass is 272 g/mol. The number of aryl methyl sites for hydroxylation is 1. The van der Waals surface area contributed by atoms with Gasteiger partial charge in [0.25, 0.3) is 0 Å². The molecule has 0 aromatic heterocycles. The van der Waals surface area contributed by atoms with Crippen LogP contribution in [0.3, 0.4) is 0 Å². The number of anilines is 1. The van der Waals surface area contributed by atoms with Gasteiger partial charge in [0.05, 0.1) is 6.54 Å². The molecule has 0 atom stereocenters. The molecule has 2 rings (SSSR count). The minimum Gasteiger partial charge on any atom is -0.325 e. The van der Waals surface area contributed by atoms with Crippen LogP contribution in [-0.2, 0) is 11.3 Å². The van der Waals surface area contributed by atoms with Gasteiger partial charge >= 0.3 is 0 Å². The summed E-state index contributed by atoms with van der Waals surface area (Å²) in [4.78, 5) is 11.7. The molecule has 0 heterocycles. The number of carbonyl (C=O) groups excluding carboxylic acids is 1. The molecule has 0 aliphatic rings. The van der Waals surface area contributed by atoms with Gasteiger partial charge in [0.15, 0.2) is 0 Å². The summed E-state index contributed by atoms with van der Waals surface area (Å²) >= 11 is 0. The molecule has 4 heteroatoms. The van der Waals surface area contributed by atoms with E-state index in [0.29, 0.717) is 12.2 Å². The van der Waals surface area contributed by atoms with Crippen molar-refractivity contribution in [1.82, 2.24) is 5.32 Å². The van der Waals surface area contributed by atoms with Crippen molar-refractivity contribution in [3.63, 3.8) is 0 Å². The van der Waals surface area contributed by atoms with E-state index < -0.39 is 0 Å². The Kier molecular flexibility index (Phi) is 4.85. The molecule has 0 bridgehead atoms. The first-order valence-electron chi connectivity index (χ1n) is 6.46. The molecule has 2 aromatic carbocycles. The lowest BCUT2D eigenvalue weighted by molar-refractivity contribution is -0.115. The van der Waals surface area contributed by atoms with Crippen LogP contribution in [0.2, 0.25) is 0 Å². The molecule has 0 radical (unpaired) electrons. The van der Waals surface area contributed by atoms with E-state index in [0.717, 1.165) is 0 Å². The third-order valence-corrected chi connectivity index (χ3v) is 2.99. The van der Waals surface area contributed by atoms with Crippen LogP contribution >= 0.6 is 0 Å². The fourth-order valence-electron chi connectivity index (χ4n) is 1.86. The smallest absolute Gasteiger partial charge is 0.238 e. The van der Waals surface area contributed by atoms with Crippen LogP contribution in [0.25, 0.3) is 0 Å². The van der Waals surface area contributed by atoms with Crippen molar-refractivity contribution in [3.8, 4) is 0 Å². The summed E-state index contributed by atoms with van der Waals surface area (Å²) in [5.74, 6) is -0.467. The van der Waals surface area contributed by atoms with Gasteiger partial charge in [-0.2, -0.15) is 0 Å². The van der Waals surface area contributed by atoms with E-state index in [1.54, 1.807) is 0 Å². The Bertz CT molecular complexity index is 581. The quantitative estimate of drug-likeness (QED) is 0.878. The third kappa shape index (κ3) is 4.17. The lowest BCUT2D eigenvalue weighted by atomic mass is 10.1. The van der Waals surface area contributed by atoms with Crippen LogP contribution < -0.4 is 10.6 Å². The van der Waals surface area contributed by atoms with E-state index in [1.807, 2.05) is 31.2 Å². The highest BCUT2D eigenvalue weighted by atomic mass is 19.1. The van der Waals surface area contributed by atoms with Gasteiger partial charge in [-0.25, -0.2) is 4.39 Å². The number of hydrogen-bond acceptors (Lipinski definition) is 2. The van der Waals surface area contributed by atoms with Crippen LogP contribution in [0.15, 0.2) is 48.5 Å². The number of carbonyl (C=O) groups is 1. The van der Waals surface area contributed by atoms with Crippen molar-refractivity contribution in [2.45, 2.75) is 13.5 Å². The first kappa shape index (κ1) is 14.2. The molecular weight excluding hydrogens is 255 g/mol. The number of halogens is 1.